The smallest absolute Gasteiger partial charge is 0.234 e. The van der Waals surface area contributed by atoms with Crippen molar-refractivity contribution in [3.05, 3.63) is 0 Å². The van der Waals surface area contributed by atoms with Crippen LogP contribution in [-0.4, -0.2) is 25.0 Å². The lowest BCUT2D eigenvalue weighted by Gasteiger charge is -2.17. The molecular formula is C11H24N2O. The van der Waals surface area contributed by atoms with E-state index in [2.05, 4.69) is 31.4 Å². The Kier molecular flexibility index (Phi) is 7.48. The van der Waals surface area contributed by atoms with E-state index in [9.17, 15) is 4.79 Å². The third-order valence-corrected chi connectivity index (χ3v) is 2.38. The number of carbonyl (C=O) groups excluding carboxylic acids is 1. The van der Waals surface area contributed by atoms with Gasteiger partial charge in [-0.05, 0) is 25.8 Å². The van der Waals surface area contributed by atoms with E-state index in [1.165, 1.54) is 0 Å². The molecule has 0 aromatic heterocycles. The van der Waals surface area contributed by atoms with Gasteiger partial charge < -0.3 is 10.6 Å². The first-order chi connectivity index (χ1) is 6.57. The van der Waals surface area contributed by atoms with E-state index in [1.54, 1.807) is 0 Å². The van der Waals surface area contributed by atoms with Crippen LogP contribution in [0.25, 0.3) is 0 Å². The van der Waals surface area contributed by atoms with Crippen LogP contribution in [0.2, 0.25) is 0 Å². The quantitative estimate of drug-likeness (QED) is 0.612. The first-order valence-corrected chi connectivity index (χ1v) is 5.58. The highest BCUT2D eigenvalue weighted by molar-refractivity contribution is 5.78. The summed E-state index contributed by atoms with van der Waals surface area (Å²) in [4.78, 5) is 11.3. The van der Waals surface area contributed by atoms with Crippen LogP contribution in [0.15, 0.2) is 0 Å². The molecule has 0 heterocycles. The van der Waals surface area contributed by atoms with Crippen molar-refractivity contribution in [3.63, 3.8) is 0 Å². The van der Waals surface area contributed by atoms with Crippen LogP contribution in [-0.2, 0) is 4.79 Å². The summed E-state index contributed by atoms with van der Waals surface area (Å²) >= 11 is 0. The molecule has 14 heavy (non-hydrogen) atoms. The van der Waals surface area contributed by atoms with Crippen molar-refractivity contribution in [1.29, 1.82) is 0 Å². The zero-order chi connectivity index (χ0) is 11.0. The molecule has 0 saturated heterocycles. The van der Waals surface area contributed by atoms with Crippen LogP contribution in [0.1, 0.15) is 40.5 Å². The topological polar surface area (TPSA) is 41.1 Å². The molecule has 0 rings (SSSR count). The van der Waals surface area contributed by atoms with Crippen molar-refractivity contribution in [3.8, 4) is 0 Å². The van der Waals surface area contributed by atoms with Gasteiger partial charge in [-0.1, -0.05) is 27.2 Å². The second kappa shape index (κ2) is 7.80. The summed E-state index contributed by atoms with van der Waals surface area (Å²) < 4.78 is 0. The molecule has 0 aromatic carbocycles. The molecule has 84 valence electrons. The molecular weight excluding hydrogens is 176 g/mol. The Labute approximate surface area is 87.6 Å². The fraction of sp³-hybridized carbons (Fsp3) is 0.909. The Bertz CT molecular complexity index is 157. The molecule has 0 fully saturated rings. The van der Waals surface area contributed by atoms with Gasteiger partial charge in [-0.25, -0.2) is 0 Å². The molecule has 0 aromatic rings. The van der Waals surface area contributed by atoms with Gasteiger partial charge in [0.2, 0.25) is 5.91 Å². The highest BCUT2D eigenvalue weighted by Gasteiger charge is 2.09. The van der Waals surface area contributed by atoms with Crippen LogP contribution < -0.4 is 10.6 Å². The number of hydrogen-bond donors (Lipinski definition) is 2. The molecule has 0 aliphatic rings. The lowest BCUT2D eigenvalue weighted by atomic mass is 10.1. The molecule has 1 atom stereocenters. The summed E-state index contributed by atoms with van der Waals surface area (Å²) in [5.41, 5.74) is 0. The van der Waals surface area contributed by atoms with Crippen molar-refractivity contribution in [2.24, 2.45) is 5.92 Å². The summed E-state index contributed by atoms with van der Waals surface area (Å²) in [6.45, 7) is 9.76. The lowest BCUT2D eigenvalue weighted by Crippen LogP contribution is -2.41. The van der Waals surface area contributed by atoms with Crippen molar-refractivity contribution < 1.29 is 4.79 Å². The van der Waals surface area contributed by atoms with Gasteiger partial charge in [0.05, 0.1) is 6.54 Å². The first-order valence-electron chi connectivity index (χ1n) is 5.58. The first kappa shape index (κ1) is 13.4. The van der Waals surface area contributed by atoms with E-state index in [-0.39, 0.29) is 11.9 Å². The number of amides is 1. The van der Waals surface area contributed by atoms with Gasteiger partial charge in [0.25, 0.3) is 0 Å². The predicted molar refractivity (Wildman–Crippen MR) is 60.2 cm³/mol. The van der Waals surface area contributed by atoms with Crippen molar-refractivity contribution in [2.45, 2.75) is 46.6 Å². The molecule has 3 heteroatoms. The SMILES string of the molecule is CCCCNCC(=O)NC(C)C(C)C. The average molecular weight is 200 g/mol. The third-order valence-electron chi connectivity index (χ3n) is 2.38. The maximum atomic E-state index is 11.3. The summed E-state index contributed by atoms with van der Waals surface area (Å²) in [5.74, 6) is 0.594. The van der Waals surface area contributed by atoms with Gasteiger partial charge >= 0.3 is 0 Å². The van der Waals surface area contributed by atoms with Gasteiger partial charge in [-0.15, -0.1) is 0 Å². The van der Waals surface area contributed by atoms with Gasteiger partial charge in [0, 0.05) is 6.04 Å². The fourth-order valence-corrected chi connectivity index (χ4v) is 0.975. The van der Waals surface area contributed by atoms with Gasteiger partial charge in [0.1, 0.15) is 0 Å². The summed E-state index contributed by atoms with van der Waals surface area (Å²) in [6, 6.07) is 0.260. The summed E-state index contributed by atoms with van der Waals surface area (Å²) in [7, 11) is 0. The highest BCUT2D eigenvalue weighted by Crippen LogP contribution is 1.98. The van der Waals surface area contributed by atoms with Crippen LogP contribution >= 0.6 is 0 Å². The van der Waals surface area contributed by atoms with Crippen LogP contribution in [0, 0.1) is 5.92 Å². The molecule has 0 spiro atoms. The van der Waals surface area contributed by atoms with Crippen molar-refractivity contribution in [2.75, 3.05) is 13.1 Å². The van der Waals surface area contributed by atoms with E-state index in [4.69, 9.17) is 0 Å². The Morgan fingerprint density at radius 2 is 1.93 bits per heavy atom. The second-order valence-electron chi connectivity index (χ2n) is 4.13. The zero-order valence-corrected chi connectivity index (χ0v) is 9.89. The summed E-state index contributed by atoms with van der Waals surface area (Å²) in [6.07, 6.45) is 2.30. The van der Waals surface area contributed by atoms with Crippen LogP contribution in [0.4, 0.5) is 0 Å². The minimum Gasteiger partial charge on any atom is -0.352 e. The van der Waals surface area contributed by atoms with Gasteiger partial charge in [0.15, 0.2) is 0 Å². The van der Waals surface area contributed by atoms with Gasteiger partial charge in [-0.2, -0.15) is 0 Å². The molecule has 2 N–H and O–H groups in total. The standard InChI is InChI=1S/C11H24N2O/c1-5-6-7-12-8-11(14)13-10(4)9(2)3/h9-10,12H,5-8H2,1-4H3,(H,13,14). The minimum atomic E-state index is 0.0994. The normalized spacial score (nSPS) is 12.9. The van der Waals surface area contributed by atoms with Crippen LogP contribution in [0.5, 0.6) is 0 Å². The maximum Gasteiger partial charge on any atom is 0.234 e. The fourth-order valence-electron chi connectivity index (χ4n) is 0.975. The number of hydrogen-bond acceptors (Lipinski definition) is 2. The van der Waals surface area contributed by atoms with Crippen molar-refractivity contribution in [1.82, 2.24) is 10.6 Å². The largest absolute Gasteiger partial charge is 0.352 e. The second-order valence-corrected chi connectivity index (χ2v) is 4.13. The van der Waals surface area contributed by atoms with E-state index in [0.29, 0.717) is 12.5 Å². The minimum absolute atomic E-state index is 0.0994. The van der Waals surface area contributed by atoms with E-state index < -0.39 is 0 Å². The number of nitrogens with one attached hydrogen (secondary N) is 2. The number of unbranched alkanes of at least 4 members (excludes halogenated alkanes) is 1. The number of carbonyl (C=O) groups is 1. The highest BCUT2D eigenvalue weighted by atomic mass is 16.1. The lowest BCUT2D eigenvalue weighted by molar-refractivity contribution is -0.121. The molecule has 1 unspecified atom stereocenters. The van der Waals surface area contributed by atoms with E-state index in [1.807, 2.05) is 6.92 Å². The van der Waals surface area contributed by atoms with Gasteiger partial charge in [-0.3, -0.25) is 4.79 Å². The monoisotopic (exact) mass is 200 g/mol. The molecule has 1 amide bonds. The van der Waals surface area contributed by atoms with E-state index in [0.717, 1.165) is 19.4 Å². The predicted octanol–water partition coefficient (Wildman–Crippen LogP) is 1.54. The summed E-state index contributed by atoms with van der Waals surface area (Å²) in [5, 5.41) is 6.07. The van der Waals surface area contributed by atoms with Crippen LogP contribution in [0.3, 0.4) is 0 Å². The zero-order valence-electron chi connectivity index (χ0n) is 9.89. The Hall–Kier alpha value is -0.570. The van der Waals surface area contributed by atoms with Crippen molar-refractivity contribution >= 4 is 5.91 Å². The maximum absolute atomic E-state index is 11.3. The molecule has 0 radical (unpaired) electrons. The molecule has 0 aliphatic heterocycles. The molecule has 0 bridgehead atoms. The number of rotatable bonds is 7. The van der Waals surface area contributed by atoms with E-state index >= 15 is 0 Å². The molecule has 3 nitrogen and oxygen atoms in total. The molecule has 0 aliphatic carbocycles. The Balaban J connectivity index is 3.45. The Morgan fingerprint density at radius 1 is 1.29 bits per heavy atom. The Morgan fingerprint density at radius 3 is 2.43 bits per heavy atom. The molecule has 0 saturated carbocycles. The third kappa shape index (κ3) is 6.89. The average Bonchev–Trinajstić information content (AvgIpc) is 2.12.